The molecule has 20 heavy (non-hydrogen) atoms. The van der Waals surface area contributed by atoms with Crippen LogP contribution in [0.1, 0.15) is 35.7 Å². The van der Waals surface area contributed by atoms with Gasteiger partial charge in [-0.1, -0.05) is 19.1 Å². The van der Waals surface area contributed by atoms with Crippen LogP contribution in [0.15, 0.2) is 18.2 Å². The van der Waals surface area contributed by atoms with Crippen molar-refractivity contribution >= 4 is 11.9 Å². The highest BCUT2D eigenvalue weighted by molar-refractivity contribution is 5.99. The highest BCUT2D eigenvalue weighted by Crippen LogP contribution is 2.40. The fourth-order valence-corrected chi connectivity index (χ4v) is 2.19. The van der Waals surface area contributed by atoms with Crippen molar-refractivity contribution in [2.45, 2.75) is 31.9 Å². The monoisotopic (exact) mass is 279 g/mol. The van der Waals surface area contributed by atoms with E-state index in [1.165, 1.54) is 0 Å². The minimum Gasteiger partial charge on any atom is -0.489 e. The van der Waals surface area contributed by atoms with Gasteiger partial charge in [0.2, 0.25) is 0 Å². The largest absolute Gasteiger partial charge is 0.489 e. The van der Waals surface area contributed by atoms with E-state index in [1.54, 1.807) is 12.1 Å². The summed E-state index contributed by atoms with van der Waals surface area (Å²) in [6.07, 6.45) is -0.0351. The first-order valence-corrected chi connectivity index (χ1v) is 6.39. The Balaban J connectivity index is 2.27. The van der Waals surface area contributed by atoms with Crippen molar-refractivity contribution in [2.75, 3.05) is 6.61 Å². The quantitative estimate of drug-likeness (QED) is 0.755. The second-order valence-corrected chi connectivity index (χ2v) is 4.88. The third kappa shape index (κ3) is 2.46. The van der Waals surface area contributed by atoms with Crippen LogP contribution in [0.25, 0.3) is 0 Å². The van der Waals surface area contributed by atoms with Crippen LogP contribution in [-0.4, -0.2) is 40.8 Å². The van der Waals surface area contributed by atoms with Gasteiger partial charge in [-0.2, -0.15) is 0 Å². The molecular weight excluding hydrogens is 262 g/mol. The molecule has 1 aromatic carbocycles. The first kappa shape index (κ1) is 14.3. The molecule has 0 saturated carbocycles. The fourth-order valence-electron chi connectivity index (χ4n) is 2.19. The minimum absolute atomic E-state index is 0.0351. The molecule has 3 N–H and O–H groups in total. The molecule has 0 saturated heterocycles. The highest BCUT2D eigenvalue weighted by atomic mass is 16.5. The van der Waals surface area contributed by atoms with Gasteiger partial charge in [0.15, 0.2) is 6.04 Å². The van der Waals surface area contributed by atoms with E-state index in [0.29, 0.717) is 11.3 Å². The molecule has 2 unspecified atom stereocenters. The number of amides is 1. The Morgan fingerprint density at radius 2 is 2.10 bits per heavy atom. The molecule has 0 aromatic heterocycles. The van der Waals surface area contributed by atoms with E-state index < -0.39 is 24.5 Å². The second kappa shape index (κ2) is 5.50. The number of carbonyl (C=O) groups excluding carboxylic acids is 1. The average Bonchev–Trinajstić information content (AvgIpc) is 2.71. The summed E-state index contributed by atoms with van der Waals surface area (Å²) in [4.78, 5) is 23.0. The third-order valence-electron chi connectivity index (χ3n) is 3.57. The summed E-state index contributed by atoms with van der Waals surface area (Å²) in [5, 5.41) is 20.1. The Labute approximate surface area is 116 Å². The number of aliphatic carboxylic acids is 1. The molecule has 1 aliphatic heterocycles. The summed E-state index contributed by atoms with van der Waals surface area (Å²) in [5.74, 6) is -1.18. The molecular formula is C14H17NO5. The molecule has 6 nitrogen and oxygen atoms in total. The zero-order chi connectivity index (χ0) is 14.9. The third-order valence-corrected chi connectivity index (χ3v) is 3.57. The van der Waals surface area contributed by atoms with Gasteiger partial charge in [-0.05, 0) is 13.0 Å². The van der Waals surface area contributed by atoms with Crippen molar-refractivity contribution in [2.24, 2.45) is 0 Å². The lowest BCUT2D eigenvalue weighted by atomic mass is 9.97. The smallest absolute Gasteiger partial charge is 0.328 e. The molecule has 0 spiro atoms. The summed E-state index contributed by atoms with van der Waals surface area (Å²) in [6, 6.07) is 3.88. The molecule has 0 aliphatic carbocycles. The number of nitrogens with one attached hydrogen (secondary N) is 1. The van der Waals surface area contributed by atoms with Crippen LogP contribution in [-0.2, 0) is 4.79 Å². The number of hydrogen-bond acceptors (Lipinski definition) is 4. The molecule has 108 valence electrons. The number of ether oxygens (including phenoxy) is 1. The number of fused-ring (bicyclic) bond motifs is 1. The van der Waals surface area contributed by atoms with Gasteiger partial charge < -0.3 is 20.3 Å². The molecule has 0 fully saturated rings. The molecule has 1 aromatic rings. The SMILES string of the molecule is CC1Oc2c(C(=O)N[C@H](CO)C(=O)O)cccc2C1C. The lowest BCUT2D eigenvalue weighted by Crippen LogP contribution is -2.43. The van der Waals surface area contributed by atoms with Gasteiger partial charge in [0.05, 0.1) is 12.2 Å². The molecule has 1 heterocycles. The number of hydrogen-bond donors (Lipinski definition) is 3. The van der Waals surface area contributed by atoms with E-state index in [9.17, 15) is 9.59 Å². The summed E-state index contributed by atoms with van der Waals surface area (Å²) in [5.41, 5.74) is 1.22. The molecule has 0 radical (unpaired) electrons. The van der Waals surface area contributed by atoms with Crippen LogP contribution in [0.4, 0.5) is 0 Å². The number of para-hydroxylation sites is 1. The van der Waals surface area contributed by atoms with E-state index in [2.05, 4.69) is 5.32 Å². The van der Waals surface area contributed by atoms with E-state index in [0.717, 1.165) is 5.56 Å². The maximum absolute atomic E-state index is 12.1. The van der Waals surface area contributed by atoms with Crippen LogP contribution in [0, 0.1) is 0 Å². The van der Waals surface area contributed by atoms with Gasteiger partial charge in [-0.3, -0.25) is 4.79 Å². The summed E-state index contributed by atoms with van der Waals surface area (Å²) in [7, 11) is 0. The molecule has 3 atom stereocenters. The zero-order valence-corrected chi connectivity index (χ0v) is 11.3. The van der Waals surface area contributed by atoms with Crippen molar-refractivity contribution in [1.82, 2.24) is 5.32 Å². The molecule has 0 bridgehead atoms. The van der Waals surface area contributed by atoms with Gasteiger partial charge >= 0.3 is 5.97 Å². The van der Waals surface area contributed by atoms with Crippen molar-refractivity contribution in [3.8, 4) is 5.75 Å². The van der Waals surface area contributed by atoms with Gasteiger partial charge in [0.1, 0.15) is 11.9 Å². The molecule has 1 aliphatic rings. The lowest BCUT2D eigenvalue weighted by Gasteiger charge is -2.13. The van der Waals surface area contributed by atoms with Gasteiger partial charge in [-0.25, -0.2) is 4.79 Å². The minimum atomic E-state index is -1.32. The topological polar surface area (TPSA) is 95.9 Å². The van der Waals surface area contributed by atoms with E-state index in [1.807, 2.05) is 19.9 Å². The Morgan fingerprint density at radius 3 is 2.70 bits per heavy atom. The van der Waals surface area contributed by atoms with Crippen molar-refractivity contribution in [3.05, 3.63) is 29.3 Å². The normalized spacial score (nSPS) is 21.8. The summed E-state index contributed by atoms with van der Waals surface area (Å²) in [6.45, 7) is 3.26. The Hall–Kier alpha value is -2.08. The maximum atomic E-state index is 12.1. The Kier molecular flexibility index (Phi) is 3.94. The summed E-state index contributed by atoms with van der Waals surface area (Å²) >= 11 is 0. The zero-order valence-electron chi connectivity index (χ0n) is 11.3. The number of rotatable bonds is 4. The highest BCUT2D eigenvalue weighted by Gasteiger charge is 2.32. The van der Waals surface area contributed by atoms with Crippen molar-refractivity contribution in [3.63, 3.8) is 0 Å². The van der Waals surface area contributed by atoms with Crippen LogP contribution in [0.5, 0.6) is 5.75 Å². The Bertz CT molecular complexity index is 542. The number of benzene rings is 1. The molecule has 1 amide bonds. The number of carboxylic acid groups (broad SMARTS) is 1. The standard InChI is InChI=1S/C14H17NO5/c1-7-8(2)20-12-9(7)4-3-5-10(12)13(17)15-11(6-16)14(18)19/h3-5,7-8,11,16H,6H2,1-2H3,(H,15,17)(H,18,19)/t7?,8?,11-/m1/s1. The molecule has 2 rings (SSSR count). The van der Waals surface area contributed by atoms with Crippen LogP contribution in [0.3, 0.4) is 0 Å². The number of aliphatic hydroxyl groups excluding tert-OH is 1. The second-order valence-electron chi connectivity index (χ2n) is 4.88. The van der Waals surface area contributed by atoms with E-state index in [4.69, 9.17) is 14.9 Å². The lowest BCUT2D eigenvalue weighted by molar-refractivity contribution is -0.140. The number of aliphatic hydroxyl groups is 1. The van der Waals surface area contributed by atoms with Crippen molar-refractivity contribution < 1.29 is 24.5 Å². The van der Waals surface area contributed by atoms with Gasteiger partial charge in [-0.15, -0.1) is 0 Å². The maximum Gasteiger partial charge on any atom is 0.328 e. The Morgan fingerprint density at radius 1 is 1.40 bits per heavy atom. The van der Waals surface area contributed by atoms with Crippen LogP contribution < -0.4 is 10.1 Å². The van der Waals surface area contributed by atoms with Crippen molar-refractivity contribution in [1.29, 1.82) is 0 Å². The van der Waals surface area contributed by atoms with Crippen LogP contribution >= 0.6 is 0 Å². The predicted molar refractivity (Wildman–Crippen MR) is 70.9 cm³/mol. The number of carboxylic acids is 1. The fraction of sp³-hybridized carbons (Fsp3) is 0.429. The first-order chi connectivity index (χ1) is 9.45. The van der Waals surface area contributed by atoms with E-state index >= 15 is 0 Å². The summed E-state index contributed by atoms with van der Waals surface area (Å²) < 4.78 is 5.68. The molecule has 6 heteroatoms. The van der Waals surface area contributed by atoms with Crippen LogP contribution in [0.2, 0.25) is 0 Å². The van der Waals surface area contributed by atoms with Gasteiger partial charge in [0.25, 0.3) is 5.91 Å². The first-order valence-electron chi connectivity index (χ1n) is 6.39. The van der Waals surface area contributed by atoms with Gasteiger partial charge in [0, 0.05) is 11.5 Å². The predicted octanol–water partition coefficient (Wildman–Crippen LogP) is 0.746. The average molecular weight is 279 g/mol. The van der Waals surface area contributed by atoms with E-state index in [-0.39, 0.29) is 12.0 Å². The number of carbonyl (C=O) groups is 2.